The summed E-state index contributed by atoms with van der Waals surface area (Å²) in [6.07, 6.45) is 7.73. The van der Waals surface area contributed by atoms with Crippen molar-refractivity contribution in [3.05, 3.63) is 30.0 Å². The van der Waals surface area contributed by atoms with E-state index in [1.807, 2.05) is 26.8 Å². The molecule has 170 valence electrons. The summed E-state index contributed by atoms with van der Waals surface area (Å²) in [5, 5.41) is 10.4. The molecule has 1 aromatic rings. The van der Waals surface area contributed by atoms with E-state index in [2.05, 4.69) is 4.98 Å². The quantitative estimate of drug-likeness (QED) is 0.115. The molecule has 0 saturated carbocycles. The van der Waals surface area contributed by atoms with Crippen molar-refractivity contribution in [2.75, 3.05) is 31.3 Å². The molecule has 30 heavy (non-hydrogen) atoms. The lowest BCUT2D eigenvalue weighted by Crippen LogP contribution is -2.14. The summed E-state index contributed by atoms with van der Waals surface area (Å²) in [5.41, 5.74) is 0.460. The maximum atomic E-state index is 13.2. The Morgan fingerprint density at radius 2 is 2.03 bits per heavy atom. The molecule has 0 aliphatic carbocycles. The average Bonchev–Trinajstić information content (AvgIpc) is 2.67. The van der Waals surface area contributed by atoms with Gasteiger partial charge in [-0.25, -0.2) is 9.78 Å². The minimum atomic E-state index is -2.92. The Kier molecular flexibility index (Phi) is 13.1. The van der Waals surface area contributed by atoms with Gasteiger partial charge in [-0.15, -0.1) is 11.8 Å². The van der Waals surface area contributed by atoms with Gasteiger partial charge in [0.1, 0.15) is 10.8 Å². The smallest absolute Gasteiger partial charge is 0.334 e. The predicted octanol–water partition coefficient (Wildman–Crippen LogP) is 5.90. The number of aromatic nitrogens is 1. The van der Waals surface area contributed by atoms with Gasteiger partial charge in [0.2, 0.25) is 7.37 Å². The standard InChI is InChI=1S/C22H36NO5PS/c1-5-27-22(25)19(17-29(26,28-6-2)16-18(3)4)12-9-7-8-10-15-30-21-20(24)13-11-14-23-21/h11-14,18,24H,5-10,15-17H2,1-4H3/b19-12+. The minimum Gasteiger partial charge on any atom is -0.505 e. The van der Waals surface area contributed by atoms with Crippen molar-refractivity contribution in [1.82, 2.24) is 4.98 Å². The van der Waals surface area contributed by atoms with Crippen LogP contribution in [0.4, 0.5) is 0 Å². The lowest BCUT2D eigenvalue weighted by Gasteiger charge is -2.20. The molecule has 0 saturated heterocycles. The van der Waals surface area contributed by atoms with Gasteiger partial charge in [0.25, 0.3) is 0 Å². The highest BCUT2D eigenvalue weighted by Gasteiger charge is 2.28. The number of hydrogen-bond donors (Lipinski definition) is 1. The SMILES string of the molecule is CCOC(=O)/C(=C/CCCCCSc1ncccc1O)CP(=O)(CC(C)C)OCC. The van der Waals surface area contributed by atoms with Crippen molar-refractivity contribution in [3.63, 3.8) is 0 Å². The summed E-state index contributed by atoms with van der Waals surface area (Å²) in [4.78, 5) is 16.5. The number of nitrogens with zero attached hydrogens (tertiary/aromatic N) is 1. The number of thioether (sulfide) groups is 1. The van der Waals surface area contributed by atoms with Crippen LogP contribution in [0.5, 0.6) is 5.75 Å². The Hall–Kier alpha value is -1.30. The van der Waals surface area contributed by atoms with Crippen LogP contribution in [-0.2, 0) is 18.6 Å². The molecule has 0 bridgehead atoms. The number of allylic oxidation sites excluding steroid dienone is 1. The number of pyridine rings is 1. The van der Waals surface area contributed by atoms with Gasteiger partial charge in [-0.2, -0.15) is 0 Å². The van der Waals surface area contributed by atoms with Crippen molar-refractivity contribution in [2.45, 2.75) is 58.4 Å². The Bertz CT molecular complexity index is 723. The first-order valence-electron chi connectivity index (χ1n) is 10.7. The van der Waals surface area contributed by atoms with E-state index in [1.54, 1.807) is 25.3 Å². The normalized spacial score (nSPS) is 14.0. The van der Waals surface area contributed by atoms with Gasteiger partial charge >= 0.3 is 5.97 Å². The summed E-state index contributed by atoms with van der Waals surface area (Å²) in [5.74, 6) is 0.904. The van der Waals surface area contributed by atoms with Crippen molar-refractivity contribution in [1.29, 1.82) is 0 Å². The molecule has 1 atom stereocenters. The summed E-state index contributed by atoms with van der Waals surface area (Å²) in [6, 6.07) is 3.34. The number of hydrogen-bond acceptors (Lipinski definition) is 7. The van der Waals surface area contributed by atoms with Gasteiger partial charge < -0.3 is 14.4 Å². The predicted molar refractivity (Wildman–Crippen MR) is 124 cm³/mol. The largest absolute Gasteiger partial charge is 0.505 e. The van der Waals surface area contributed by atoms with Gasteiger partial charge in [-0.1, -0.05) is 26.3 Å². The van der Waals surface area contributed by atoms with E-state index >= 15 is 0 Å². The summed E-state index contributed by atoms with van der Waals surface area (Å²) < 4.78 is 23.9. The van der Waals surface area contributed by atoms with E-state index in [0.29, 0.717) is 23.4 Å². The Balaban J connectivity index is 2.56. The molecular formula is C22H36NO5PS. The van der Waals surface area contributed by atoms with Gasteiger partial charge in [0, 0.05) is 17.9 Å². The Labute approximate surface area is 185 Å². The molecule has 0 aliphatic heterocycles. The highest BCUT2D eigenvalue weighted by Crippen LogP contribution is 2.50. The van der Waals surface area contributed by atoms with E-state index in [0.717, 1.165) is 31.4 Å². The molecule has 0 radical (unpaired) electrons. The fourth-order valence-electron chi connectivity index (χ4n) is 3.01. The van der Waals surface area contributed by atoms with Crippen molar-refractivity contribution in [3.8, 4) is 5.75 Å². The zero-order chi connectivity index (χ0) is 22.4. The fraction of sp³-hybridized carbons (Fsp3) is 0.636. The van der Waals surface area contributed by atoms with Crippen LogP contribution in [-0.4, -0.2) is 47.4 Å². The first-order chi connectivity index (χ1) is 14.3. The van der Waals surface area contributed by atoms with Crippen LogP contribution < -0.4 is 0 Å². The van der Waals surface area contributed by atoms with Gasteiger partial charge in [-0.3, -0.25) is 4.57 Å². The third-order valence-electron chi connectivity index (χ3n) is 4.19. The second-order valence-electron chi connectivity index (χ2n) is 7.44. The first-order valence-corrected chi connectivity index (χ1v) is 13.6. The Morgan fingerprint density at radius 1 is 1.27 bits per heavy atom. The molecule has 1 unspecified atom stereocenters. The van der Waals surface area contributed by atoms with Crippen LogP contribution in [0.15, 0.2) is 35.0 Å². The number of esters is 1. The van der Waals surface area contributed by atoms with Crippen LogP contribution in [0, 0.1) is 5.92 Å². The molecular weight excluding hydrogens is 421 g/mol. The molecule has 0 amide bonds. The minimum absolute atomic E-state index is 0.132. The topological polar surface area (TPSA) is 85.7 Å². The Morgan fingerprint density at radius 3 is 2.67 bits per heavy atom. The lowest BCUT2D eigenvalue weighted by molar-refractivity contribution is -0.138. The highest BCUT2D eigenvalue weighted by atomic mass is 32.2. The number of carbonyl (C=O) groups excluding carboxylic acids is 1. The molecule has 1 heterocycles. The number of aromatic hydroxyl groups is 1. The van der Waals surface area contributed by atoms with E-state index in [1.165, 1.54) is 11.8 Å². The van der Waals surface area contributed by atoms with E-state index in [4.69, 9.17) is 9.26 Å². The third-order valence-corrected chi connectivity index (χ3v) is 8.10. The summed E-state index contributed by atoms with van der Waals surface area (Å²) >= 11 is 1.54. The fourth-order valence-corrected chi connectivity index (χ4v) is 6.59. The van der Waals surface area contributed by atoms with Gasteiger partial charge in [0.05, 0.1) is 19.4 Å². The zero-order valence-corrected chi connectivity index (χ0v) is 20.3. The van der Waals surface area contributed by atoms with Crippen LogP contribution in [0.1, 0.15) is 53.4 Å². The average molecular weight is 458 g/mol. The maximum Gasteiger partial charge on any atom is 0.334 e. The van der Waals surface area contributed by atoms with Crippen molar-refractivity contribution < 1.29 is 23.7 Å². The molecule has 0 spiro atoms. The van der Waals surface area contributed by atoms with Gasteiger partial charge in [0.15, 0.2) is 0 Å². The summed E-state index contributed by atoms with van der Waals surface area (Å²) in [7, 11) is -2.92. The van der Waals surface area contributed by atoms with Gasteiger partial charge in [-0.05, 0) is 56.9 Å². The molecule has 1 rings (SSSR count). The van der Waals surface area contributed by atoms with E-state index in [9.17, 15) is 14.5 Å². The molecule has 8 heteroatoms. The zero-order valence-electron chi connectivity index (χ0n) is 18.6. The lowest BCUT2D eigenvalue weighted by atomic mass is 10.1. The first kappa shape index (κ1) is 26.7. The number of rotatable bonds is 15. The number of unbranched alkanes of at least 4 members (excludes halogenated alkanes) is 3. The second kappa shape index (κ2) is 14.7. The van der Waals surface area contributed by atoms with Crippen LogP contribution in [0.3, 0.4) is 0 Å². The molecule has 0 fully saturated rings. The molecule has 0 aliphatic rings. The van der Waals surface area contributed by atoms with Crippen molar-refractivity contribution in [2.24, 2.45) is 5.92 Å². The van der Waals surface area contributed by atoms with Crippen molar-refractivity contribution >= 4 is 25.1 Å². The number of ether oxygens (including phenoxy) is 1. The monoisotopic (exact) mass is 457 g/mol. The molecule has 1 N–H and O–H groups in total. The molecule has 6 nitrogen and oxygen atoms in total. The van der Waals surface area contributed by atoms with E-state index < -0.39 is 13.3 Å². The van der Waals surface area contributed by atoms with Crippen LogP contribution >= 0.6 is 19.1 Å². The maximum absolute atomic E-state index is 13.2. The van der Waals surface area contributed by atoms with E-state index in [-0.39, 0.29) is 24.4 Å². The number of carbonyl (C=O) groups is 1. The van der Waals surface area contributed by atoms with Crippen LogP contribution in [0.25, 0.3) is 0 Å². The molecule has 1 aromatic heterocycles. The molecule has 0 aromatic carbocycles. The van der Waals surface area contributed by atoms with Crippen LogP contribution in [0.2, 0.25) is 0 Å². The summed E-state index contributed by atoms with van der Waals surface area (Å²) in [6.45, 7) is 8.25. The second-order valence-corrected chi connectivity index (χ2v) is 11.1. The third kappa shape index (κ3) is 10.6. The highest BCUT2D eigenvalue weighted by molar-refractivity contribution is 7.99.